The van der Waals surface area contributed by atoms with Crippen LogP contribution in [0.3, 0.4) is 0 Å². The van der Waals surface area contributed by atoms with Crippen molar-refractivity contribution in [3.8, 4) is 0 Å². The number of benzene rings is 2. The molecule has 1 N–H and O–H groups in total. The van der Waals surface area contributed by atoms with Gasteiger partial charge in [0, 0.05) is 18.2 Å². The smallest absolute Gasteiger partial charge is 0.352 e. The van der Waals surface area contributed by atoms with Gasteiger partial charge >= 0.3 is 6.18 Å². The Hall–Kier alpha value is -2.86. The Balaban J connectivity index is 2.49. The maximum absolute atomic E-state index is 14.4. The van der Waals surface area contributed by atoms with Crippen molar-refractivity contribution in [1.29, 1.82) is 0 Å². The van der Waals surface area contributed by atoms with Gasteiger partial charge in [-0.05, 0) is 44.5 Å². The third-order valence-electron chi connectivity index (χ3n) is 5.69. The lowest BCUT2D eigenvalue weighted by molar-refractivity contribution is -0.139. The fourth-order valence-electron chi connectivity index (χ4n) is 3.36. The zero-order valence-corrected chi connectivity index (χ0v) is 22.2. The molecule has 0 aliphatic rings. The molecule has 0 unspecified atom stereocenters. The lowest BCUT2D eigenvalue weighted by Crippen LogP contribution is -2.52. The quantitative estimate of drug-likeness (QED) is 0.427. The molecule has 2 rings (SSSR count). The van der Waals surface area contributed by atoms with Crippen LogP contribution in [0.4, 0.5) is 23.2 Å². The Morgan fingerprint density at radius 1 is 1.11 bits per heavy atom. The minimum absolute atomic E-state index is 0.0656. The van der Waals surface area contributed by atoms with E-state index in [9.17, 15) is 35.6 Å². The molecule has 0 saturated carbocycles. The monoisotopic (exact) mass is 565 g/mol. The molecule has 2 aromatic rings. The number of hydrogen-bond donors (Lipinski definition) is 1. The topological polar surface area (TPSA) is 86.8 Å². The number of alkyl halides is 3. The molecule has 2 atom stereocenters. The average Bonchev–Trinajstić information content (AvgIpc) is 2.80. The van der Waals surface area contributed by atoms with Gasteiger partial charge in [-0.15, -0.1) is 0 Å². The summed E-state index contributed by atoms with van der Waals surface area (Å²) in [4.78, 5) is 27.2. The number of halogens is 5. The van der Waals surface area contributed by atoms with Crippen molar-refractivity contribution in [2.24, 2.45) is 0 Å². The van der Waals surface area contributed by atoms with Crippen LogP contribution in [-0.2, 0) is 32.3 Å². The van der Waals surface area contributed by atoms with Gasteiger partial charge in [-0.2, -0.15) is 13.2 Å². The average molecular weight is 566 g/mol. The summed E-state index contributed by atoms with van der Waals surface area (Å²) >= 11 is 5.65. The number of nitrogens with one attached hydrogen (secondary N) is 1. The fourth-order valence-corrected chi connectivity index (χ4v) is 4.42. The zero-order chi connectivity index (χ0) is 28.1. The number of nitrogens with zero attached hydrogens (tertiary/aromatic N) is 2. The van der Waals surface area contributed by atoms with Crippen molar-refractivity contribution in [3.63, 3.8) is 0 Å². The molecule has 204 valence electrons. The van der Waals surface area contributed by atoms with Crippen LogP contribution in [-0.4, -0.2) is 50.0 Å². The van der Waals surface area contributed by atoms with Crippen LogP contribution in [0.5, 0.6) is 0 Å². The molecule has 0 spiro atoms. The molecule has 7 nitrogen and oxygen atoms in total. The summed E-state index contributed by atoms with van der Waals surface area (Å²) in [5.74, 6) is -2.14. The second kappa shape index (κ2) is 12.1. The van der Waals surface area contributed by atoms with Gasteiger partial charge in [-0.1, -0.05) is 36.7 Å². The number of anilines is 1. The maximum Gasteiger partial charge on any atom is 0.417 e. The van der Waals surface area contributed by atoms with E-state index >= 15 is 0 Å². The van der Waals surface area contributed by atoms with Crippen LogP contribution in [0.1, 0.15) is 38.3 Å². The van der Waals surface area contributed by atoms with Gasteiger partial charge in [-0.3, -0.25) is 13.9 Å². The largest absolute Gasteiger partial charge is 0.417 e. The van der Waals surface area contributed by atoms with Gasteiger partial charge in [-0.25, -0.2) is 12.8 Å². The van der Waals surface area contributed by atoms with Gasteiger partial charge < -0.3 is 10.2 Å². The summed E-state index contributed by atoms with van der Waals surface area (Å²) in [6.45, 7) is 3.66. The van der Waals surface area contributed by atoms with Crippen molar-refractivity contribution < 1.29 is 35.6 Å². The van der Waals surface area contributed by atoms with Crippen molar-refractivity contribution >= 4 is 39.1 Å². The van der Waals surface area contributed by atoms with E-state index in [2.05, 4.69) is 5.32 Å². The highest BCUT2D eigenvalue weighted by Crippen LogP contribution is 2.37. The summed E-state index contributed by atoms with van der Waals surface area (Å²) in [6, 6.07) is 6.58. The van der Waals surface area contributed by atoms with Crippen LogP contribution < -0.4 is 9.62 Å². The van der Waals surface area contributed by atoms with E-state index in [1.807, 2.05) is 6.92 Å². The second-order valence-corrected chi connectivity index (χ2v) is 10.9. The molecular weight excluding hydrogens is 538 g/mol. The molecule has 37 heavy (non-hydrogen) atoms. The molecule has 0 fully saturated rings. The number of hydrogen-bond acceptors (Lipinski definition) is 4. The highest BCUT2D eigenvalue weighted by atomic mass is 35.5. The van der Waals surface area contributed by atoms with Gasteiger partial charge in [0.2, 0.25) is 21.8 Å². The number of carbonyl (C=O) groups excluding carboxylic acids is 2. The predicted molar refractivity (Wildman–Crippen MR) is 133 cm³/mol. The Kier molecular flexibility index (Phi) is 9.95. The third kappa shape index (κ3) is 8.06. The molecule has 0 aliphatic carbocycles. The Labute approximate surface area is 218 Å². The van der Waals surface area contributed by atoms with Crippen LogP contribution in [0.15, 0.2) is 42.5 Å². The van der Waals surface area contributed by atoms with Crippen LogP contribution in [0.25, 0.3) is 0 Å². The van der Waals surface area contributed by atoms with Crippen LogP contribution in [0.2, 0.25) is 5.02 Å². The molecule has 0 aliphatic heterocycles. The molecule has 0 saturated heterocycles. The van der Waals surface area contributed by atoms with Gasteiger partial charge in [0.25, 0.3) is 0 Å². The lowest BCUT2D eigenvalue weighted by Gasteiger charge is -2.32. The van der Waals surface area contributed by atoms with Crippen molar-refractivity contribution in [2.45, 2.75) is 52.0 Å². The van der Waals surface area contributed by atoms with E-state index in [4.69, 9.17) is 11.6 Å². The zero-order valence-electron chi connectivity index (χ0n) is 20.6. The van der Waals surface area contributed by atoms with E-state index in [1.165, 1.54) is 25.1 Å². The van der Waals surface area contributed by atoms with Crippen molar-refractivity contribution in [3.05, 3.63) is 64.4 Å². The Bertz CT molecular complexity index is 1240. The second-order valence-electron chi connectivity index (χ2n) is 8.54. The first-order chi connectivity index (χ1) is 17.1. The first kappa shape index (κ1) is 30.4. The molecule has 0 bridgehead atoms. The highest BCUT2D eigenvalue weighted by Gasteiger charge is 2.35. The molecule has 2 aromatic carbocycles. The number of carbonyl (C=O) groups is 2. The summed E-state index contributed by atoms with van der Waals surface area (Å²) in [5, 5.41) is 2.07. The normalized spacial score (nSPS) is 13.5. The van der Waals surface area contributed by atoms with Crippen molar-refractivity contribution in [2.75, 3.05) is 17.1 Å². The standard InChI is InChI=1S/C24H28ClF4N3O4S/c1-5-15(2)30-23(34)16(3)31(13-17-8-6-7-9-21(17)26)22(33)14-32(37(4,35)36)18-10-11-20(25)19(12-18)24(27,28)29/h6-12,15-16H,5,13-14H2,1-4H3,(H,30,34)/t15-,16+/m1/s1. The molecule has 0 heterocycles. The number of sulfonamides is 1. The van der Waals surface area contributed by atoms with E-state index in [-0.39, 0.29) is 18.2 Å². The van der Waals surface area contributed by atoms with E-state index < -0.39 is 62.7 Å². The highest BCUT2D eigenvalue weighted by molar-refractivity contribution is 7.92. The van der Waals surface area contributed by atoms with Crippen LogP contribution >= 0.6 is 11.6 Å². The van der Waals surface area contributed by atoms with Gasteiger partial charge in [0.1, 0.15) is 18.4 Å². The summed E-state index contributed by atoms with van der Waals surface area (Å²) in [6.07, 6.45) is -3.55. The first-order valence-corrected chi connectivity index (χ1v) is 13.5. The molecule has 0 radical (unpaired) electrons. The summed E-state index contributed by atoms with van der Waals surface area (Å²) in [5.41, 5.74) is -1.66. The SMILES string of the molecule is CC[C@@H](C)NC(=O)[C@H](C)N(Cc1ccccc1F)C(=O)CN(c1ccc(Cl)c(C(F)(F)F)c1)S(C)(=O)=O. The summed E-state index contributed by atoms with van der Waals surface area (Å²) in [7, 11) is -4.27. The predicted octanol–water partition coefficient (Wildman–Crippen LogP) is 4.60. The van der Waals surface area contributed by atoms with E-state index in [0.717, 1.165) is 29.4 Å². The number of amides is 2. The Morgan fingerprint density at radius 3 is 2.27 bits per heavy atom. The molecular formula is C24H28ClF4N3O4S. The first-order valence-electron chi connectivity index (χ1n) is 11.2. The van der Waals surface area contributed by atoms with Crippen molar-refractivity contribution in [1.82, 2.24) is 10.2 Å². The maximum atomic E-state index is 14.4. The molecule has 2 amide bonds. The van der Waals surface area contributed by atoms with Crippen LogP contribution in [0, 0.1) is 5.82 Å². The van der Waals surface area contributed by atoms with Gasteiger partial charge in [0.05, 0.1) is 22.5 Å². The lowest BCUT2D eigenvalue weighted by atomic mass is 10.1. The summed E-state index contributed by atoms with van der Waals surface area (Å²) < 4.78 is 80.1. The van der Waals surface area contributed by atoms with E-state index in [0.29, 0.717) is 16.8 Å². The molecule has 13 heteroatoms. The fraction of sp³-hybridized carbons (Fsp3) is 0.417. The number of rotatable bonds is 10. The Morgan fingerprint density at radius 2 is 1.73 bits per heavy atom. The molecule has 0 aromatic heterocycles. The minimum atomic E-state index is -4.88. The van der Waals surface area contributed by atoms with E-state index in [1.54, 1.807) is 6.92 Å². The minimum Gasteiger partial charge on any atom is -0.352 e. The third-order valence-corrected chi connectivity index (χ3v) is 7.16. The van der Waals surface area contributed by atoms with Gasteiger partial charge in [0.15, 0.2) is 0 Å².